The minimum Gasteiger partial charge on any atom is -0.304 e. The van der Waals surface area contributed by atoms with E-state index in [9.17, 15) is 4.39 Å². The highest BCUT2D eigenvalue weighted by Crippen LogP contribution is 2.23. The van der Waals surface area contributed by atoms with Crippen LogP contribution in [-0.4, -0.2) is 58.5 Å². The van der Waals surface area contributed by atoms with Crippen LogP contribution in [0.5, 0.6) is 0 Å². The molecule has 2 atom stereocenters. The van der Waals surface area contributed by atoms with E-state index in [1.165, 1.54) is 4.88 Å². The van der Waals surface area contributed by atoms with Crippen LogP contribution in [0.25, 0.3) is 0 Å². The third-order valence-electron chi connectivity index (χ3n) is 4.61. The normalized spacial score (nSPS) is 22.3. The molecular weight excluding hydrogens is 311 g/mol. The summed E-state index contributed by atoms with van der Waals surface area (Å²) in [6.45, 7) is 3.26. The molecule has 2 aromatic heterocycles. The summed E-state index contributed by atoms with van der Waals surface area (Å²) in [6, 6.07) is 6.58. The van der Waals surface area contributed by atoms with Gasteiger partial charge in [-0.1, -0.05) is 6.07 Å². The Morgan fingerprint density at radius 2 is 2.30 bits per heavy atom. The van der Waals surface area contributed by atoms with Crippen LogP contribution in [0.1, 0.15) is 17.0 Å². The molecule has 3 heterocycles. The third-order valence-corrected chi connectivity index (χ3v) is 5.54. The van der Waals surface area contributed by atoms with Crippen molar-refractivity contribution in [3.63, 3.8) is 0 Å². The first-order chi connectivity index (χ1) is 11.1. The van der Waals surface area contributed by atoms with Crippen LogP contribution in [0.4, 0.5) is 4.39 Å². The zero-order valence-electron chi connectivity index (χ0n) is 13.9. The Bertz CT molecular complexity index is 598. The van der Waals surface area contributed by atoms with E-state index in [1.54, 1.807) is 17.5 Å². The van der Waals surface area contributed by atoms with Crippen LogP contribution in [-0.2, 0) is 20.0 Å². The second-order valence-corrected chi connectivity index (χ2v) is 7.49. The van der Waals surface area contributed by atoms with Gasteiger partial charge in [-0.15, -0.1) is 11.3 Å². The molecule has 0 N–H and O–H groups in total. The summed E-state index contributed by atoms with van der Waals surface area (Å²) < 4.78 is 15.8. The summed E-state index contributed by atoms with van der Waals surface area (Å²) in [7, 11) is 4.09. The number of hydrogen-bond donors (Lipinski definition) is 0. The lowest BCUT2D eigenvalue weighted by atomic mass is 10.2. The van der Waals surface area contributed by atoms with Gasteiger partial charge in [-0.2, -0.15) is 5.10 Å². The fourth-order valence-corrected chi connectivity index (χ4v) is 3.98. The highest BCUT2D eigenvalue weighted by atomic mass is 32.1. The average molecular weight is 336 g/mol. The zero-order chi connectivity index (χ0) is 16.2. The molecule has 1 aliphatic rings. The molecule has 0 saturated carbocycles. The van der Waals surface area contributed by atoms with Crippen molar-refractivity contribution >= 4 is 11.3 Å². The topological polar surface area (TPSA) is 24.3 Å². The van der Waals surface area contributed by atoms with Gasteiger partial charge in [0.1, 0.15) is 6.17 Å². The number of thiophene rings is 1. The Morgan fingerprint density at radius 1 is 1.43 bits per heavy atom. The van der Waals surface area contributed by atoms with Gasteiger partial charge in [0.15, 0.2) is 0 Å². The Hall–Kier alpha value is -1.24. The average Bonchev–Trinajstić information content (AvgIpc) is 3.22. The molecule has 2 aromatic rings. The van der Waals surface area contributed by atoms with Gasteiger partial charge in [0.2, 0.25) is 0 Å². The van der Waals surface area contributed by atoms with E-state index in [0.29, 0.717) is 13.0 Å². The van der Waals surface area contributed by atoms with Gasteiger partial charge in [-0.05, 0) is 37.4 Å². The van der Waals surface area contributed by atoms with Gasteiger partial charge in [0.25, 0.3) is 0 Å². The Labute approximate surface area is 141 Å². The maximum absolute atomic E-state index is 13.9. The molecule has 0 aliphatic carbocycles. The van der Waals surface area contributed by atoms with E-state index < -0.39 is 6.17 Å². The molecule has 6 heteroatoms. The molecule has 0 bridgehead atoms. The molecule has 3 rings (SSSR count). The number of hydrogen-bond acceptors (Lipinski definition) is 4. The summed E-state index contributed by atoms with van der Waals surface area (Å²) in [5.74, 6) is 0. The standard InChI is InChI=1S/C17H25FN4S/c1-20(8-6-17-4-3-9-23-17)12-16-10-14(18)11-22(16)13-15-5-7-19-21(15)2/h3-5,7,9,14,16H,6,8,10-13H2,1-2H3/t14-,16-/m0/s1. The Balaban J connectivity index is 1.53. The van der Waals surface area contributed by atoms with E-state index >= 15 is 0 Å². The van der Waals surface area contributed by atoms with Crippen LogP contribution in [0.15, 0.2) is 29.8 Å². The summed E-state index contributed by atoms with van der Waals surface area (Å²) >= 11 is 1.81. The minimum absolute atomic E-state index is 0.285. The quantitative estimate of drug-likeness (QED) is 0.777. The maximum Gasteiger partial charge on any atom is 0.114 e. The van der Waals surface area contributed by atoms with Crippen LogP contribution in [0.3, 0.4) is 0 Å². The molecule has 1 aliphatic heterocycles. The fourth-order valence-electron chi connectivity index (χ4n) is 3.28. The molecule has 0 spiro atoms. The number of halogens is 1. The zero-order valence-corrected chi connectivity index (χ0v) is 14.7. The van der Waals surface area contributed by atoms with E-state index in [0.717, 1.165) is 31.7 Å². The molecule has 0 aromatic carbocycles. The summed E-state index contributed by atoms with van der Waals surface area (Å²) in [5.41, 5.74) is 1.14. The lowest BCUT2D eigenvalue weighted by Gasteiger charge is -2.28. The van der Waals surface area contributed by atoms with Crippen LogP contribution >= 0.6 is 11.3 Å². The largest absolute Gasteiger partial charge is 0.304 e. The van der Waals surface area contributed by atoms with Crippen molar-refractivity contribution in [1.82, 2.24) is 19.6 Å². The van der Waals surface area contributed by atoms with Crippen molar-refractivity contribution in [3.8, 4) is 0 Å². The number of rotatable bonds is 7. The van der Waals surface area contributed by atoms with E-state index in [-0.39, 0.29) is 6.04 Å². The number of likely N-dealkylation sites (N-methyl/N-ethyl adjacent to an activating group) is 1. The molecular formula is C17H25FN4S. The van der Waals surface area contributed by atoms with Crippen LogP contribution in [0.2, 0.25) is 0 Å². The Kier molecular flexibility index (Phi) is 5.46. The van der Waals surface area contributed by atoms with Gasteiger partial charge < -0.3 is 4.90 Å². The minimum atomic E-state index is -0.709. The SMILES string of the molecule is CN(CCc1cccs1)C[C@@H]1C[C@H](F)CN1Cc1ccnn1C. The highest BCUT2D eigenvalue weighted by Gasteiger charge is 2.33. The lowest BCUT2D eigenvalue weighted by molar-refractivity contribution is 0.181. The second kappa shape index (κ2) is 7.55. The molecule has 23 heavy (non-hydrogen) atoms. The highest BCUT2D eigenvalue weighted by molar-refractivity contribution is 7.09. The fraction of sp³-hybridized carbons (Fsp3) is 0.588. The van der Waals surface area contributed by atoms with E-state index in [2.05, 4.69) is 39.5 Å². The van der Waals surface area contributed by atoms with Gasteiger partial charge in [0, 0.05) is 50.3 Å². The van der Waals surface area contributed by atoms with Crippen molar-refractivity contribution in [2.45, 2.75) is 31.6 Å². The molecule has 0 amide bonds. The second-order valence-electron chi connectivity index (χ2n) is 6.45. The van der Waals surface area contributed by atoms with Crippen molar-refractivity contribution in [3.05, 3.63) is 40.3 Å². The van der Waals surface area contributed by atoms with Crippen molar-refractivity contribution in [2.24, 2.45) is 7.05 Å². The first-order valence-electron chi connectivity index (χ1n) is 8.17. The predicted octanol–water partition coefficient (Wildman–Crippen LogP) is 2.57. The lowest BCUT2D eigenvalue weighted by Crippen LogP contribution is -2.39. The first kappa shape index (κ1) is 16.6. The molecule has 0 unspecified atom stereocenters. The summed E-state index contributed by atoms with van der Waals surface area (Å²) in [6.07, 6.45) is 2.81. The summed E-state index contributed by atoms with van der Waals surface area (Å²) in [5, 5.41) is 6.33. The van der Waals surface area contributed by atoms with Gasteiger partial charge in [0.05, 0.1) is 5.69 Å². The maximum atomic E-state index is 13.9. The molecule has 0 radical (unpaired) electrons. The number of nitrogens with zero attached hydrogens (tertiary/aromatic N) is 4. The predicted molar refractivity (Wildman–Crippen MR) is 92.4 cm³/mol. The summed E-state index contributed by atoms with van der Waals surface area (Å²) in [4.78, 5) is 6.01. The molecule has 1 saturated heterocycles. The van der Waals surface area contributed by atoms with Crippen molar-refractivity contribution in [2.75, 3.05) is 26.7 Å². The van der Waals surface area contributed by atoms with Gasteiger partial charge in [-0.25, -0.2) is 4.39 Å². The molecule has 1 fully saturated rings. The van der Waals surface area contributed by atoms with Crippen LogP contribution in [0, 0.1) is 0 Å². The monoisotopic (exact) mass is 336 g/mol. The molecule has 4 nitrogen and oxygen atoms in total. The van der Waals surface area contributed by atoms with Crippen molar-refractivity contribution < 1.29 is 4.39 Å². The number of aryl methyl sites for hydroxylation is 1. The number of aromatic nitrogens is 2. The Morgan fingerprint density at radius 3 is 3.00 bits per heavy atom. The number of likely N-dealkylation sites (tertiary alicyclic amines) is 1. The van der Waals surface area contributed by atoms with Gasteiger partial charge in [-0.3, -0.25) is 9.58 Å². The smallest absolute Gasteiger partial charge is 0.114 e. The van der Waals surface area contributed by atoms with E-state index in [4.69, 9.17) is 0 Å². The van der Waals surface area contributed by atoms with Crippen molar-refractivity contribution in [1.29, 1.82) is 0 Å². The molecule has 126 valence electrons. The van der Waals surface area contributed by atoms with E-state index in [1.807, 2.05) is 17.8 Å². The van der Waals surface area contributed by atoms with Crippen LogP contribution < -0.4 is 0 Å². The third kappa shape index (κ3) is 4.40. The van der Waals surface area contributed by atoms with Gasteiger partial charge >= 0.3 is 0 Å². The first-order valence-corrected chi connectivity index (χ1v) is 9.05. The number of alkyl halides is 1.